The van der Waals surface area contributed by atoms with Crippen LogP contribution < -0.4 is 10.1 Å². The van der Waals surface area contributed by atoms with Crippen molar-refractivity contribution in [1.29, 1.82) is 0 Å². The van der Waals surface area contributed by atoms with Crippen molar-refractivity contribution in [2.45, 2.75) is 85.1 Å². The second-order valence-electron chi connectivity index (χ2n) is 13.2. The van der Waals surface area contributed by atoms with E-state index in [1.807, 2.05) is 0 Å². The van der Waals surface area contributed by atoms with E-state index in [1.54, 1.807) is 59.7 Å². The molecule has 0 spiro atoms. The minimum absolute atomic E-state index is 0.220. The fraction of sp³-hybridized carbons (Fsp3) is 0.667. The first kappa shape index (κ1) is 32.6. The number of benzene rings is 1. The number of halogens is 3. The molecule has 8 nitrogen and oxygen atoms in total. The van der Waals surface area contributed by atoms with Gasteiger partial charge in [0.15, 0.2) is 0 Å². The first-order valence-electron chi connectivity index (χ1n) is 14.1. The van der Waals surface area contributed by atoms with E-state index in [1.165, 1.54) is 22.7 Å². The topological polar surface area (TPSA) is 82.0 Å². The van der Waals surface area contributed by atoms with Crippen LogP contribution in [0.25, 0.3) is 10.9 Å². The van der Waals surface area contributed by atoms with Crippen molar-refractivity contribution in [2.24, 2.45) is 17.8 Å². The Morgan fingerprint density at radius 2 is 1.71 bits per heavy atom. The third-order valence-electron chi connectivity index (χ3n) is 6.94. The standard InChI is InChI=1S/C30H44F3N3O5/c1-19-13-20(14-21(19)16-35(8)18-30(31,32)33)11-12-39-22-9-10-25-23(15-22)24(34-26(37)40-28(2,3)4)17-36(25)27(38)41-29(5,6)7/h9-10,15,17,19-21H,11-14,16,18H2,1-8H3,(H,34,37)/t19-,20+,21-/m1/s1. The number of hydrogen-bond acceptors (Lipinski definition) is 6. The molecule has 11 heteroatoms. The number of carbonyl (C=O) groups excluding carboxylic acids is 2. The molecular weight excluding hydrogens is 539 g/mol. The van der Waals surface area contributed by atoms with Crippen LogP contribution in [0.5, 0.6) is 5.75 Å². The van der Waals surface area contributed by atoms with E-state index in [9.17, 15) is 22.8 Å². The molecule has 1 N–H and O–H groups in total. The lowest BCUT2D eigenvalue weighted by Crippen LogP contribution is -2.35. The summed E-state index contributed by atoms with van der Waals surface area (Å²) in [4.78, 5) is 26.8. The average Bonchev–Trinajstić information content (AvgIpc) is 3.29. The summed E-state index contributed by atoms with van der Waals surface area (Å²) in [6.45, 7) is 12.7. The zero-order chi connectivity index (χ0) is 30.8. The Morgan fingerprint density at radius 1 is 1.05 bits per heavy atom. The van der Waals surface area contributed by atoms with Crippen LogP contribution in [0.15, 0.2) is 24.4 Å². The van der Waals surface area contributed by atoms with E-state index in [4.69, 9.17) is 14.2 Å². The Kier molecular flexibility index (Phi) is 9.93. The second-order valence-corrected chi connectivity index (χ2v) is 13.2. The number of nitrogens with one attached hydrogen (secondary N) is 1. The maximum absolute atomic E-state index is 12.9. The molecule has 1 amide bonds. The Labute approximate surface area is 240 Å². The molecule has 0 saturated heterocycles. The van der Waals surface area contributed by atoms with E-state index in [0.29, 0.717) is 47.3 Å². The number of aromatic nitrogens is 1. The predicted octanol–water partition coefficient (Wildman–Crippen LogP) is 7.70. The lowest BCUT2D eigenvalue weighted by atomic mass is 9.98. The van der Waals surface area contributed by atoms with Gasteiger partial charge < -0.3 is 14.2 Å². The lowest BCUT2D eigenvalue weighted by Gasteiger charge is -2.24. The molecule has 41 heavy (non-hydrogen) atoms. The largest absolute Gasteiger partial charge is 0.494 e. The van der Waals surface area contributed by atoms with Crippen molar-refractivity contribution in [3.63, 3.8) is 0 Å². The van der Waals surface area contributed by atoms with Gasteiger partial charge in [-0.05, 0) is 104 Å². The van der Waals surface area contributed by atoms with E-state index >= 15 is 0 Å². The zero-order valence-corrected chi connectivity index (χ0v) is 25.4. The molecule has 1 heterocycles. The van der Waals surface area contributed by atoms with Gasteiger partial charge in [0.1, 0.15) is 17.0 Å². The van der Waals surface area contributed by atoms with Crippen LogP contribution in [-0.4, -0.2) is 65.8 Å². The zero-order valence-electron chi connectivity index (χ0n) is 25.4. The van der Waals surface area contributed by atoms with Crippen LogP contribution in [-0.2, 0) is 9.47 Å². The molecule has 0 radical (unpaired) electrons. The minimum Gasteiger partial charge on any atom is -0.494 e. The number of rotatable bonds is 8. The SMILES string of the molecule is C[C@@H]1C[C@H](CCOc2ccc3c(c2)c(NC(=O)OC(C)(C)C)cn3C(=O)OC(C)(C)C)C[C@@H]1CN(C)CC(F)(F)F. The van der Waals surface area contributed by atoms with Gasteiger partial charge in [0.2, 0.25) is 0 Å². The molecule has 1 fully saturated rings. The lowest BCUT2D eigenvalue weighted by molar-refractivity contribution is -0.144. The average molecular weight is 584 g/mol. The monoisotopic (exact) mass is 583 g/mol. The van der Waals surface area contributed by atoms with Gasteiger partial charge in [-0.15, -0.1) is 0 Å². The molecule has 0 unspecified atom stereocenters. The number of hydrogen-bond donors (Lipinski definition) is 1. The highest BCUT2D eigenvalue weighted by molar-refractivity contribution is 6.03. The maximum Gasteiger partial charge on any atom is 0.419 e. The van der Waals surface area contributed by atoms with Crippen LogP contribution in [0, 0.1) is 17.8 Å². The van der Waals surface area contributed by atoms with E-state index in [0.717, 1.165) is 19.3 Å². The van der Waals surface area contributed by atoms with Crippen molar-refractivity contribution in [3.8, 4) is 5.75 Å². The van der Waals surface area contributed by atoms with Crippen LogP contribution in [0.2, 0.25) is 0 Å². The third kappa shape index (κ3) is 10.1. The van der Waals surface area contributed by atoms with Crippen molar-refractivity contribution >= 4 is 28.8 Å². The van der Waals surface area contributed by atoms with Gasteiger partial charge in [-0.1, -0.05) is 6.92 Å². The van der Waals surface area contributed by atoms with Crippen LogP contribution >= 0.6 is 0 Å². The molecule has 1 aromatic carbocycles. The summed E-state index contributed by atoms with van der Waals surface area (Å²) in [5.74, 6) is 1.51. The number of nitrogens with zero attached hydrogens (tertiary/aromatic N) is 2. The summed E-state index contributed by atoms with van der Waals surface area (Å²) in [6.07, 6.45) is -1.32. The second kappa shape index (κ2) is 12.5. The molecule has 1 saturated carbocycles. The van der Waals surface area contributed by atoms with Crippen molar-refractivity contribution < 1.29 is 37.0 Å². The smallest absolute Gasteiger partial charge is 0.419 e. The highest BCUT2D eigenvalue weighted by Gasteiger charge is 2.35. The Bertz CT molecular complexity index is 1210. The fourth-order valence-electron chi connectivity index (χ4n) is 5.35. The van der Waals surface area contributed by atoms with Gasteiger partial charge in [-0.3, -0.25) is 14.8 Å². The summed E-state index contributed by atoms with van der Waals surface area (Å²) in [6, 6.07) is 5.25. The molecule has 0 bridgehead atoms. The quantitative estimate of drug-likeness (QED) is 0.343. The van der Waals surface area contributed by atoms with Crippen molar-refractivity contribution in [1.82, 2.24) is 9.47 Å². The minimum atomic E-state index is -4.19. The number of amides is 1. The van der Waals surface area contributed by atoms with Gasteiger partial charge >= 0.3 is 18.4 Å². The molecule has 2 aromatic rings. The fourth-order valence-corrected chi connectivity index (χ4v) is 5.35. The highest BCUT2D eigenvalue weighted by Crippen LogP contribution is 2.39. The highest BCUT2D eigenvalue weighted by atomic mass is 19.4. The van der Waals surface area contributed by atoms with E-state index in [-0.39, 0.29) is 5.92 Å². The third-order valence-corrected chi connectivity index (χ3v) is 6.94. The van der Waals surface area contributed by atoms with Gasteiger partial charge in [-0.25, -0.2) is 9.59 Å². The number of alkyl halides is 3. The summed E-state index contributed by atoms with van der Waals surface area (Å²) in [5, 5.41) is 3.31. The predicted molar refractivity (Wildman–Crippen MR) is 152 cm³/mol. The van der Waals surface area contributed by atoms with Crippen molar-refractivity contribution in [2.75, 3.05) is 32.1 Å². The molecule has 1 aromatic heterocycles. The molecule has 0 aliphatic heterocycles. The number of carbonyl (C=O) groups is 2. The molecule has 1 aliphatic carbocycles. The first-order valence-corrected chi connectivity index (χ1v) is 14.1. The maximum atomic E-state index is 12.9. The first-order chi connectivity index (χ1) is 18.8. The molecule has 3 atom stereocenters. The van der Waals surface area contributed by atoms with Gasteiger partial charge in [-0.2, -0.15) is 13.2 Å². The van der Waals surface area contributed by atoms with Crippen LogP contribution in [0.4, 0.5) is 28.4 Å². The number of fused-ring (bicyclic) bond motifs is 1. The van der Waals surface area contributed by atoms with Crippen LogP contribution in [0.1, 0.15) is 67.7 Å². The molecule has 1 aliphatic rings. The van der Waals surface area contributed by atoms with Gasteiger partial charge in [0.25, 0.3) is 0 Å². The molecule has 3 rings (SSSR count). The number of ether oxygens (including phenoxy) is 3. The Balaban J connectivity index is 1.69. The van der Waals surface area contributed by atoms with Crippen LogP contribution in [0.3, 0.4) is 0 Å². The summed E-state index contributed by atoms with van der Waals surface area (Å²) in [5.41, 5.74) is -0.499. The Hall–Kier alpha value is -2.95. The summed E-state index contributed by atoms with van der Waals surface area (Å²) >= 11 is 0. The normalized spacial score (nSPS) is 20.0. The Morgan fingerprint density at radius 3 is 2.32 bits per heavy atom. The van der Waals surface area contributed by atoms with Gasteiger partial charge in [0.05, 0.1) is 24.4 Å². The number of anilines is 1. The summed E-state index contributed by atoms with van der Waals surface area (Å²) in [7, 11) is 1.52. The molecular formula is C30H44F3N3O5. The summed E-state index contributed by atoms with van der Waals surface area (Å²) < 4.78 is 56.5. The van der Waals surface area contributed by atoms with Crippen molar-refractivity contribution in [3.05, 3.63) is 24.4 Å². The molecule has 230 valence electrons. The van der Waals surface area contributed by atoms with E-state index in [2.05, 4.69) is 12.2 Å². The van der Waals surface area contributed by atoms with E-state index < -0.39 is 36.1 Å². The van der Waals surface area contributed by atoms with Gasteiger partial charge in [0, 0.05) is 18.1 Å².